The maximum absolute atomic E-state index is 12.5. The molecule has 1 aliphatic carbocycles. The number of fused-ring (bicyclic) bond motifs is 1. The third-order valence-corrected chi connectivity index (χ3v) is 5.15. The zero-order chi connectivity index (χ0) is 18.8. The number of carbonyl (C=O) groups is 4. The molecule has 138 valence electrons. The largest absolute Gasteiger partial charge is 0.326 e. The van der Waals surface area contributed by atoms with Crippen LogP contribution in [-0.2, 0) is 19.2 Å². The highest BCUT2D eigenvalue weighted by Gasteiger charge is 2.48. The summed E-state index contributed by atoms with van der Waals surface area (Å²) in [5.74, 6) is -1.58. The number of nitrogens with zero attached hydrogens (tertiary/aromatic N) is 1. The molecule has 4 amide bonds. The molecule has 26 heavy (non-hydrogen) atoms. The fraction of sp³-hybridized carbons (Fsp3) is 0.474. The van der Waals surface area contributed by atoms with Crippen molar-refractivity contribution in [3.63, 3.8) is 0 Å². The Balaban J connectivity index is 1.69. The van der Waals surface area contributed by atoms with Gasteiger partial charge in [-0.25, -0.2) is 0 Å². The van der Waals surface area contributed by atoms with Gasteiger partial charge in [-0.3, -0.25) is 24.1 Å². The van der Waals surface area contributed by atoms with E-state index >= 15 is 0 Å². The van der Waals surface area contributed by atoms with Crippen molar-refractivity contribution in [3.05, 3.63) is 23.8 Å². The summed E-state index contributed by atoms with van der Waals surface area (Å²) < 4.78 is 0. The summed E-state index contributed by atoms with van der Waals surface area (Å²) in [7, 11) is 0. The molecule has 2 aliphatic rings. The van der Waals surface area contributed by atoms with Crippen LogP contribution in [0.1, 0.15) is 38.2 Å². The Morgan fingerprint density at radius 1 is 1.04 bits per heavy atom. The van der Waals surface area contributed by atoms with Gasteiger partial charge < -0.3 is 10.6 Å². The molecule has 2 fully saturated rings. The van der Waals surface area contributed by atoms with Crippen molar-refractivity contribution in [2.24, 2.45) is 11.8 Å². The minimum absolute atomic E-state index is 0.201. The molecule has 1 saturated heterocycles. The number of hydrogen-bond acceptors (Lipinski definition) is 4. The van der Waals surface area contributed by atoms with Gasteiger partial charge >= 0.3 is 0 Å². The van der Waals surface area contributed by atoms with Gasteiger partial charge in [-0.15, -0.1) is 0 Å². The number of rotatable bonds is 4. The number of benzene rings is 1. The van der Waals surface area contributed by atoms with Crippen LogP contribution in [0.4, 0.5) is 11.4 Å². The Morgan fingerprint density at radius 3 is 2.12 bits per heavy atom. The molecule has 1 aromatic rings. The predicted molar refractivity (Wildman–Crippen MR) is 96.3 cm³/mol. The van der Waals surface area contributed by atoms with E-state index in [1.54, 1.807) is 25.1 Å². The van der Waals surface area contributed by atoms with Crippen molar-refractivity contribution in [1.82, 2.24) is 4.90 Å². The van der Waals surface area contributed by atoms with Crippen molar-refractivity contribution in [3.8, 4) is 0 Å². The number of carbonyl (C=O) groups excluding carboxylic acids is 4. The van der Waals surface area contributed by atoms with Crippen molar-refractivity contribution in [1.29, 1.82) is 0 Å². The second-order valence-corrected chi connectivity index (χ2v) is 6.97. The molecule has 0 aromatic heterocycles. The van der Waals surface area contributed by atoms with Crippen molar-refractivity contribution in [2.45, 2.75) is 39.5 Å². The topological polar surface area (TPSA) is 95.6 Å². The molecule has 0 bridgehead atoms. The van der Waals surface area contributed by atoms with Gasteiger partial charge in [0.25, 0.3) is 0 Å². The van der Waals surface area contributed by atoms with E-state index in [1.165, 1.54) is 6.92 Å². The quantitative estimate of drug-likeness (QED) is 0.807. The minimum atomic E-state index is -0.423. The number of likely N-dealkylation sites (tertiary alicyclic amines) is 1. The van der Waals surface area contributed by atoms with Crippen molar-refractivity contribution >= 4 is 35.0 Å². The Bertz CT molecular complexity index is 750. The van der Waals surface area contributed by atoms with Crippen LogP contribution in [0, 0.1) is 18.8 Å². The second kappa shape index (κ2) is 7.27. The van der Waals surface area contributed by atoms with Crippen LogP contribution in [0.15, 0.2) is 18.2 Å². The molecular formula is C19H23N3O4. The average Bonchev–Trinajstić information content (AvgIpc) is 2.83. The summed E-state index contributed by atoms with van der Waals surface area (Å²) in [4.78, 5) is 49.7. The van der Waals surface area contributed by atoms with E-state index in [2.05, 4.69) is 10.6 Å². The highest BCUT2D eigenvalue weighted by Crippen LogP contribution is 2.37. The zero-order valence-corrected chi connectivity index (χ0v) is 15.0. The van der Waals surface area contributed by atoms with Gasteiger partial charge in [-0.05, 0) is 37.5 Å². The summed E-state index contributed by atoms with van der Waals surface area (Å²) in [6, 6.07) is 5.17. The van der Waals surface area contributed by atoms with E-state index in [4.69, 9.17) is 0 Å². The van der Waals surface area contributed by atoms with Crippen LogP contribution in [0.5, 0.6) is 0 Å². The standard InChI is InChI=1S/C19H23N3O4/c1-11-15(20-12(2)23)8-5-9-16(11)21-17(24)10-22-18(25)13-6-3-4-7-14(13)19(22)26/h5,8-9,13-14H,3-4,6-7,10H2,1-2H3,(H,20,23)(H,21,24)/t13-,14-/m0/s1. The number of amides is 4. The Kier molecular flexibility index (Phi) is 5.06. The third-order valence-electron chi connectivity index (χ3n) is 5.15. The maximum Gasteiger partial charge on any atom is 0.244 e. The first-order chi connectivity index (χ1) is 12.4. The minimum Gasteiger partial charge on any atom is -0.326 e. The molecule has 0 unspecified atom stereocenters. The van der Waals surface area contributed by atoms with Crippen molar-refractivity contribution in [2.75, 3.05) is 17.2 Å². The first kappa shape index (κ1) is 18.1. The average molecular weight is 357 g/mol. The van der Waals surface area contributed by atoms with Crippen LogP contribution < -0.4 is 10.6 Å². The van der Waals surface area contributed by atoms with E-state index < -0.39 is 5.91 Å². The molecule has 2 N–H and O–H groups in total. The first-order valence-electron chi connectivity index (χ1n) is 8.90. The number of hydrogen-bond donors (Lipinski definition) is 2. The lowest BCUT2D eigenvalue weighted by Crippen LogP contribution is -2.38. The molecule has 3 rings (SSSR count). The summed E-state index contributed by atoms with van der Waals surface area (Å²) in [6.45, 7) is 2.92. The fourth-order valence-electron chi connectivity index (χ4n) is 3.82. The van der Waals surface area contributed by atoms with Crippen LogP contribution in [-0.4, -0.2) is 35.1 Å². The molecule has 7 nitrogen and oxygen atoms in total. The molecular weight excluding hydrogens is 334 g/mol. The SMILES string of the molecule is CC(=O)Nc1cccc(NC(=O)CN2C(=O)[C@H]3CCCC[C@@H]3C2=O)c1C. The van der Waals surface area contributed by atoms with Crippen LogP contribution >= 0.6 is 0 Å². The summed E-state index contributed by atoms with van der Waals surface area (Å²) in [6.07, 6.45) is 3.36. The molecule has 1 aromatic carbocycles. The molecule has 1 heterocycles. The van der Waals surface area contributed by atoms with Crippen LogP contribution in [0.3, 0.4) is 0 Å². The highest BCUT2D eigenvalue weighted by molar-refractivity contribution is 6.08. The van der Waals surface area contributed by atoms with Crippen LogP contribution in [0.25, 0.3) is 0 Å². The van der Waals surface area contributed by atoms with E-state index in [-0.39, 0.29) is 36.1 Å². The van der Waals surface area contributed by atoms with Crippen molar-refractivity contribution < 1.29 is 19.2 Å². The normalized spacial score (nSPS) is 22.2. The van der Waals surface area contributed by atoms with Gasteiger partial charge in [0.15, 0.2) is 0 Å². The number of anilines is 2. The van der Waals surface area contributed by atoms with Crippen LogP contribution in [0.2, 0.25) is 0 Å². The molecule has 1 saturated carbocycles. The molecule has 7 heteroatoms. The maximum atomic E-state index is 12.5. The summed E-state index contributed by atoms with van der Waals surface area (Å²) in [5, 5.41) is 5.44. The lowest BCUT2D eigenvalue weighted by atomic mass is 9.81. The lowest BCUT2D eigenvalue weighted by Gasteiger charge is -2.19. The van der Waals surface area contributed by atoms with Gasteiger partial charge in [0.1, 0.15) is 6.54 Å². The Morgan fingerprint density at radius 2 is 1.58 bits per heavy atom. The smallest absolute Gasteiger partial charge is 0.244 e. The Labute approximate surface area is 152 Å². The molecule has 2 atom stereocenters. The second-order valence-electron chi connectivity index (χ2n) is 6.97. The molecule has 0 spiro atoms. The monoisotopic (exact) mass is 357 g/mol. The van der Waals surface area contributed by atoms with E-state index in [9.17, 15) is 19.2 Å². The number of imide groups is 1. The Hall–Kier alpha value is -2.70. The molecule has 0 radical (unpaired) electrons. The molecule has 1 aliphatic heterocycles. The number of nitrogens with one attached hydrogen (secondary N) is 2. The van der Waals surface area contributed by atoms with Gasteiger partial charge in [0.05, 0.1) is 11.8 Å². The highest BCUT2D eigenvalue weighted by atomic mass is 16.2. The third kappa shape index (κ3) is 3.47. The first-order valence-corrected chi connectivity index (χ1v) is 8.90. The lowest BCUT2D eigenvalue weighted by molar-refractivity contribution is -0.142. The predicted octanol–water partition coefficient (Wildman–Crippen LogP) is 2.07. The summed E-state index contributed by atoms with van der Waals surface area (Å²) >= 11 is 0. The van der Waals surface area contributed by atoms with Gasteiger partial charge in [0.2, 0.25) is 23.6 Å². The van der Waals surface area contributed by atoms with E-state index in [1.807, 2.05) is 0 Å². The van der Waals surface area contributed by atoms with Gasteiger partial charge in [-0.2, -0.15) is 0 Å². The van der Waals surface area contributed by atoms with Gasteiger partial charge in [0, 0.05) is 18.3 Å². The van der Waals surface area contributed by atoms with E-state index in [0.717, 1.165) is 30.6 Å². The zero-order valence-electron chi connectivity index (χ0n) is 15.0. The van der Waals surface area contributed by atoms with Gasteiger partial charge in [-0.1, -0.05) is 18.9 Å². The summed E-state index contributed by atoms with van der Waals surface area (Å²) in [5.41, 5.74) is 1.86. The van der Waals surface area contributed by atoms with E-state index in [0.29, 0.717) is 16.9 Å². The fourth-order valence-corrected chi connectivity index (χ4v) is 3.82.